The molecule has 176 valence electrons. The van der Waals surface area contributed by atoms with Crippen LogP contribution in [0.2, 0.25) is 0 Å². The van der Waals surface area contributed by atoms with Crippen molar-refractivity contribution in [3.63, 3.8) is 0 Å². The van der Waals surface area contributed by atoms with Crippen molar-refractivity contribution in [2.75, 3.05) is 0 Å². The molecule has 2 atom stereocenters. The lowest BCUT2D eigenvalue weighted by Gasteiger charge is -2.19. The molecule has 0 spiro atoms. The fourth-order valence-corrected chi connectivity index (χ4v) is 3.70. The molecule has 1 N–H and O–H groups in total. The van der Waals surface area contributed by atoms with Crippen LogP contribution in [0.1, 0.15) is 31.0 Å². The van der Waals surface area contributed by atoms with Gasteiger partial charge >= 0.3 is 6.18 Å². The summed E-state index contributed by atoms with van der Waals surface area (Å²) in [6.07, 6.45) is -5.75. The van der Waals surface area contributed by atoms with Crippen molar-refractivity contribution in [3.05, 3.63) is 77.9 Å². The Balaban J connectivity index is 1.66. The Hall–Kier alpha value is -3.88. The highest BCUT2D eigenvalue weighted by Crippen LogP contribution is 2.40. The third kappa shape index (κ3) is 4.73. The zero-order valence-electron chi connectivity index (χ0n) is 18.8. The molecule has 2 unspecified atom stereocenters. The number of amides is 1. The fraction of sp³-hybridized carbons (Fsp3) is 0.240. The van der Waals surface area contributed by atoms with Crippen molar-refractivity contribution in [1.82, 2.24) is 20.1 Å². The minimum Gasteiger partial charge on any atom is -0.464 e. The van der Waals surface area contributed by atoms with Crippen LogP contribution in [0.15, 0.2) is 66.7 Å². The molecule has 0 saturated carbocycles. The van der Waals surface area contributed by atoms with Gasteiger partial charge in [-0.05, 0) is 19.4 Å². The number of carbonyl (C=O) groups excluding carboxylic acids is 1. The van der Waals surface area contributed by atoms with E-state index in [0.29, 0.717) is 5.56 Å². The quantitative estimate of drug-likeness (QED) is 0.417. The van der Waals surface area contributed by atoms with E-state index in [-0.39, 0.29) is 28.6 Å². The number of rotatable bonds is 6. The standard InChI is InChI=1S/C25H23F3N4O2/c1-15(17-10-6-4-7-11-17)29-24(33)16(2)34-20-14-19(25(26,27)28)21-22(18-12-8-5-9-13-18)31-32(3)23(21)30-20/h4-16H,1-3H3,(H,29,33). The van der Waals surface area contributed by atoms with E-state index in [2.05, 4.69) is 15.4 Å². The topological polar surface area (TPSA) is 69.0 Å². The smallest absolute Gasteiger partial charge is 0.417 e. The van der Waals surface area contributed by atoms with Gasteiger partial charge in [0.1, 0.15) is 5.69 Å². The number of aryl methyl sites for hydroxylation is 1. The van der Waals surface area contributed by atoms with E-state index < -0.39 is 23.8 Å². The van der Waals surface area contributed by atoms with Gasteiger partial charge in [-0.15, -0.1) is 0 Å². The Morgan fingerprint density at radius 1 is 1.03 bits per heavy atom. The van der Waals surface area contributed by atoms with E-state index >= 15 is 0 Å². The van der Waals surface area contributed by atoms with Crippen molar-refractivity contribution in [2.24, 2.45) is 7.05 Å². The number of hydrogen-bond donors (Lipinski definition) is 1. The van der Waals surface area contributed by atoms with E-state index in [1.807, 2.05) is 37.3 Å². The van der Waals surface area contributed by atoms with Crippen LogP contribution in [0, 0.1) is 0 Å². The summed E-state index contributed by atoms with van der Waals surface area (Å²) in [5.41, 5.74) is 0.688. The molecular formula is C25H23F3N4O2. The molecule has 6 nitrogen and oxygen atoms in total. The van der Waals surface area contributed by atoms with Gasteiger partial charge in [0.25, 0.3) is 5.91 Å². The van der Waals surface area contributed by atoms with Gasteiger partial charge in [-0.1, -0.05) is 60.7 Å². The van der Waals surface area contributed by atoms with Crippen LogP contribution >= 0.6 is 0 Å². The number of ether oxygens (including phenoxy) is 1. The number of nitrogens with one attached hydrogen (secondary N) is 1. The second-order valence-electron chi connectivity index (χ2n) is 7.94. The molecule has 0 aliphatic rings. The Kier molecular flexibility index (Phi) is 6.28. The number of alkyl halides is 3. The molecule has 0 aliphatic heterocycles. The minimum absolute atomic E-state index is 0.00828. The number of halogens is 3. The Morgan fingerprint density at radius 3 is 2.26 bits per heavy atom. The van der Waals surface area contributed by atoms with Gasteiger partial charge < -0.3 is 10.1 Å². The van der Waals surface area contributed by atoms with Crippen molar-refractivity contribution in [2.45, 2.75) is 32.2 Å². The number of nitrogens with zero attached hydrogens (tertiary/aromatic N) is 3. The van der Waals surface area contributed by atoms with E-state index in [4.69, 9.17) is 4.74 Å². The van der Waals surface area contributed by atoms with Crippen LogP contribution in [0.5, 0.6) is 5.88 Å². The third-order valence-corrected chi connectivity index (χ3v) is 5.45. The molecule has 0 bridgehead atoms. The van der Waals surface area contributed by atoms with Crippen LogP contribution in [0.3, 0.4) is 0 Å². The van der Waals surface area contributed by atoms with Crippen LogP contribution < -0.4 is 10.1 Å². The van der Waals surface area contributed by atoms with Crippen LogP contribution in [-0.2, 0) is 18.0 Å². The van der Waals surface area contributed by atoms with Crippen molar-refractivity contribution in [1.29, 1.82) is 0 Å². The Labute approximate surface area is 194 Å². The van der Waals surface area contributed by atoms with Gasteiger partial charge in [0.05, 0.1) is 17.0 Å². The average molecular weight is 468 g/mol. The molecule has 0 saturated heterocycles. The van der Waals surface area contributed by atoms with Crippen LogP contribution in [0.4, 0.5) is 13.2 Å². The number of hydrogen-bond acceptors (Lipinski definition) is 4. The number of aromatic nitrogens is 3. The van der Waals surface area contributed by atoms with Gasteiger partial charge in [-0.3, -0.25) is 4.79 Å². The Morgan fingerprint density at radius 2 is 1.65 bits per heavy atom. The van der Waals surface area contributed by atoms with Gasteiger partial charge in [0.2, 0.25) is 5.88 Å². The van der Waals surface area contributed by atoms with Crippen molar-refractivity contribution >= 4 is 16.9 Å². The lowest BCUT2D eigenvalue weighted by molar-refractivity contribution is -0.136. The first-order chi connectivity index (χ1) is 16.1. The molecule has 0 fully saturated rings. The Bertz CT molecular complexity index is 1300. The molecule has 1 amide bonds. The number of pyridine rings is 1. The van der Waals surface area contributed by atoms with Crippen molar-refractivity contribution < 1.29 is 22.7 Å². The molecular weight excluding hydrogens is 445 g/mol. The molecule has 9 heteroatoms. The van der Waals surface area contributed by atoms with Crippen molar-refractivity contribution in [3.8, 4) is 17.1 Å². The van der Waals surface area contributed by atoms with E-state index in [1.165, 1.54) is 18.7 Å². The highest BCUT2D eigenvalue weighted by atomic mass is 19.4. The van der Waals surface area contributed by atoms with Crippen LogP contribution in [0.25, 0.3) is 22.3 Å². The lowest BCUT2D eigenvalue weighted by atomic mass is 10.0. The summed E-state index contributed by atoms with van der Waals surface area (Å²) in [7, 11) is 1.52. The van der Waals surface area contributed by atoms with Gasteiger partial charge in [0.15, 0.2) is 11.8 Å². The molecule has 34 heavy (non-hydrogen) atoms. The lowest BCUT2D eigenvalue weighted by Crippen LogP contribution is -2.38. The maximum Gasteiger partial charge on any atom is 0.417 e. The van der Waals surface area contributed by atoms with Crippen LogP contribution in [-0.4, -0.2) is 26.8 Å². The number of carbonyl (C=O) groups is 1. The summed E-state index contributed by atoms with van der Waals surface area (Å²) < 4.78 is 49.0. The first-order valence-corrected chi connectivity index (χ1v) is 10.7. The normalized spacial score (nSPS) is 13.5. The summed E-state index contributed by atoms with van der Waals surface area (Å²) in [4.78, 5) is 16.9. The highest BCUT2D eigenvalue weighted by molar-refractivity contribution is 5.94. The summed E-state index contributed by atoms with van der Waals surface area (Å²) in [5, 5.41) is 6.96. The first-order valence-electron chi connectivity index (χ1n) is 10.7. The summed E-state index contributed by atoms with van der Waals surface area (Å²) in [5.74, 6) is -0.778. The number of benzene rings is 2. The SMILES string of the molecule is CC(Oc1cc(C(F)(F)F)c2c(-c3ccccc3)nn(C)c2n1)C(=O)NC(C)c1ccccc1. The minimum atomic E-state index is -4.68. The fourth-order valence-electron chi connectivity index (χ4n) is 3.70. The largest absolute Gasteiger partial charge is 0.464 e. The van der Waals surface area contributed by atoms with Gasteiger partial charge in [-0.25, -0.2) is 4.68 Å². The molecule has 0 radical (unpaired) electrons. The predicted molar refractivity (Wildman–Crippen MR) is 122 cm³/mol. The first kappa shape index (κ1) is 23.3. The van der Waals surface area contributed by atoms with Gasteiger partial charge in [-0.2, -0.15) is 23.3 Å². The predicted octanol–water partition coefficient (Wildman–Crippen LogP) is 5.30. The molecule has 4 rings (SSSR count). The second kappa shape index (κ2) is 9.17. The average Bonchev–Trinajstić information content (AvgIpc) is 3.15. The zero-order chi connectivity index (χ0) is 24.5. The second-order valence-corrected chi connectivity index (χ2v) is 7.94. The molecule has 2 aromatic heterocycles. The van der Waals surface area contributed by atoms with E-state index in [1.54, 1.807) is 30.3 Å². The monoisotopic (exact) mass is 468 g/mol. The molecule has 2 aromatic carbocycles. The zero-order valence-corrected chi connectivity index (χ0v) is 18.8. The maximum absolute atomic E-state index is 14.1. The van der Waals surface area contributed by atoms with E-state index in [0.717, 1.165) is 11.6 Å². The molecule has 4 aromatic rings. The molecule has 2 heterocycles. The number of fused-ring (bicyclic) bond motifs is 1. The molecule has 0 aliphatic carbocycles. The third-order valence-electron chi connectivity index (χ3n) is 5.45. The summed E-state index contributed by atoms with van der Waals surface area (Å²) in [6, 6.07) is 18.4. The van der Waals surface area contributed by atoms with E-state index in [9.17, 15) is 18.0 Å². The highest BCUT2D eigenvalue weighted by Gasteiger charge is 2.37. The maximum atomic E-state index is 14.1. The van der Waals surface area contributed by atoms with Gasteiger partial charge in [0, 0.05) is 18.7 Å². The summed E-state index contributed by atoms with van der Waals surface area (Å²) >= 11 is 0. The summed E-state index contributed by atoms with van der Waals surface area (Å²) in [6.45, 7) is 3.28.